The predicted octanol–water partition coefficient (Wildman–Crippen LogP) is 0.499. The van der Waals surface area contributed by atoms with E-state index in [-0.39, 0.29) is 12.0 Å². The van der Waals surface area contributed by atoms with Crippen LogP contribution in [-0.2, 0) is 19.1 Å². The van der Waals surface area contributed by atoms with Crippen LogP contribution in [0.2, 0.25) is 0 Å². The lowest BCUT2D eigenvalue weighted by Crippen LogP contribution is -2.27. The molecule has 0 aromatic heterocycles. The van der Waals surface area contributed by atoms with E-state index in [9.17, 15) is 9.59 Å². The second-order valence-corrected chi connectivity index (χ2v) is 3.03. The second kappa shape index (κ2) is 3.13. The van der Waals surface area contributed by atoms with Crippen LogP contribution in [0, 0.1) is 5.92 Å². The van der Waals surface area contributed by atoms with E-state index in [1.165, 1.54) is 6.92 Å². The lowest BCUT2D eigenvalue weighted by Gasteiger charge is -2.11. The van der Waals surface area contributed by atoms with Gasteiger partial charge >= 0.3 is 11.9 Å². The third kappa shape index (κ3) is 1.57. The Kier molecular flexibility index (Phi) is 2.35. The Morgan fingerprint density at radius 2 is 2.08 bits per heavy atom. The van der Waals surface area contributed by atoms with Crippen LogP contribution in [0.5, 0.6) is 0 Å². The van der Waals surface area contributed by atoms with E-state index < -0.39 is 18.0 Å². The number of carbonyl (C=O) groups excluding carboxylic acids is 2. The van der Waals surface area contributed by atoms with Crippen molar-refractivity contribution in [3.8, 4) is 0 Å². The summed E-state index contributed by atoms with van der Waals surface area (Å²) < 4.78 is 9.66. The summed E-state index contributed by atoms with van der Waals surface area (Å²) in [6.45, 7) is 4.89. The highest BCUT2D eigenvalue weighted by Gasteiger charge is 2.41. The maximum Gasteiger partial charge on any atom is 0.348 e. The SMILES string of the molecule is CC(=O)O[C@@H]1C(=O)O[C@H](C)[C@@H]1C. The van der Waals surface area contributed by atoms with Crippen molar-refractivity contribution in [1.29, 1.82) is 0 Å². The fraction of sp³-hybridized carbons (Fsp3) is 0.750. The lowest BCUT2D eigenvalue weighted by molar-refractivity contribution is -0.160. The van der Waals surface area contributed by atoms with Crippen molar-refractivity contribution in [2.45, 2.75) is 33.0 Å². The molecule has 1 fully saturated rings. The molecule has 0 radical (unpaired) electrons. The fourth-order valence-corrected chi connectivity index (χ4v) is 1.15. The summed E-state index contributed by atoms with van der Waals surface area (Å²) >= 11 is 0. The molecule has 0 bridgehead atoms. The van der Waals surface area contributed by atoms with Crippen LogP contribution in [0.4, 0.5) is 0 Å². The molecule has 0 aromatic rings. The molecule has 1 heterocycles. The number of ether oxygens (including phenoxy) is 2. The van der Waals surface area contributed by atoms with E-state index in [0.717, 1.165) is 0 Å². The van der Waals surface area contributed by atoms with Gasteiger partial charge in [-0.05, 0) is 6.92 Å². The molecule has 0 aromatic carbocycles. The maximum absolute atomic E-state index is 11.0. The smallest absolute Gasteiger partial charge is 0.348 e. The third-order valence-corrected chi connectivity index (χ3v) is 2.05. The van der Waals surface area contributed by atoms with Gasteiger partial charge < -0.3 is 9.47 Å². The molecule has 0 aliphatic carbocycles. The number of hydrogen-bond acceptors (Lipinski definition) is 4. The predicted molar refractivity (Wildman–Crippen MR) is 40.3 cm³/mol. The Labute approximate surface area is 70.8 Å². The number of esters is 2. The molecule has 4 heteroatoms. The van der Waals surface area contributed by atoms with E-state index >= 15 is 0 Å². The third-order valence-electron chi connectivity index (χ3n) is 2.05. The largest absolute Gasteiger partial charge is 0.459 e. The van der Waals surface area contributed by atoms with Crippen LogP contribution in [0.3, 0.4) is 0 Å². The maximum atomic E-state index is 11.0. The minimum Gasteiger partial charge on any atom is -0.459 e. The molecule has 1 rings (SSSR count). The standard InChI is InChI=1S/C8H12O4/c1-4-5(2)11-8(10)7(4)12-6(3)9/h4-5,7H,1-3H3/t4-,5+,7-/m0/s1. The summed E-state index contributed by atoms with van der Waals surface area (Å²) in [6.07, 6.45) is -0.876. The highest BCUT2D eigenvalue weighted by molar-refractivity contribution is 5.80. The summed E-state index contributed by atoms with van der Waals surface area (Å²) in [4.78, 5) is 21.6. The van der Waals surface area contributed by atoms with E-state index in [1.807, 2.05) is 6.92 Å². The van der Waals surface area contributed by atoms with Crippen LogP contribution in [0.1, 0.15) is 20.8 Å². The molecule has 0 N–H and O–H groups in total. The molecule has 0 spiro atoms. The minimum absolute atomic E-state index is 0.0543. The van der Waals surface area contributed by atoms with Crippen LogP contribution < -0.4 is 0 Å². The quantitative estimate of drug-likeness (QED) is 0.540. The lowest BCUT2D eigenvalue weighted by atomic mass is 10.0. The molecule has 4 nitrogen and oxygen atoms in total. The number of hydrogen-bond donors (Lipinski definition) is 0. The average Bonchev–Trinajstić information content (AvgIpc) is 2.16. The van der Waals surface area contributed by atoms with Gasteiger partial charge in [0.1, 0.15) is 6.10 Å². The van der Waals surface area contributed by atoms with E-state index in [4.69, 9.17) is 9.47 Å². The molecule has 0 saturated carbocycles. The number of carbonyl (C=O) groups is 2. The molecular formula is C8H12O4. The molecule has 68 valence electrons. The molecule has 1 aliphatic rings. The van der Waals surface area contributed by atoms with Gasteiger partial charge in [0.05, 0.1) is 0 Å². The number of rotatable bonds is 1. The normalized spacial score (nSPS) is 34.6. The molecule has 1 saturated heterocycles. The van der Waals surface area contributed by atoms with Crippen molar-refractivity contribution in [2.75, 3.05) is 0 Å². The van der Waals surface area contributed by atoms with Crippen LogP contribution in [0.25, 0.3) is 0 Å². The van der Waals surface area contributed by atoms with Crippen molar-refractivity contribution in [2.24, 2.45) is 5.92 Å². The Morgan fingerprint density at radius 1 is 1.50 bits per heavy atom. The molecule has 0 amide bonds. The van der Waals surface area contributed by atoms with Crippen molar-refractivity contribution in [3.05, 3.63) is 0 Å². The summed E-state index contributed by atoms with van der Waals surface area (Å²) in [5, 5.41) is 0. The first-order valence-electron chi connectivity index (χ1n) is 3.90. The Balaban J connectivity index is 2.63. The van der Waals surface area contributed by atoms with Gasteiger partial charge in [0.15, 0.2) is 0 Å². The molecule has 12 heavy (non-hydrogen) atoms. The Morgan fingerprint density at radius 3 is 2.42 bits per heavy atom. The van der Waals surface area contributed by atoms with Gasteiger partial charge in [0, 0.05) is 12.8 Å². The van der Waals surface area contributed by atoms with E-state index in [2.05, 4.69) is 0 Å². The highest BCUT2D eigenvalue weighted by Crippen LogP contribution is 2.24. The van der Waals surface area contributed by atoms with E-state index in [1.54, 1.807) is 6.92 Å². The van der Waals surface area contributed by atoms with Gasteiger partial charge in [0.2, 0.25) is 6.10 Å². The topological polar surface area (TPSA) is 52.6 Å². The fourth-order valence-electron chi connectivity index (χ4n) is 1.15. The average molecular weight is 172 g/mol. The Hall–Kier alpha value is -1.06. The zero-order valence-corrected chi connectivity index (χ0v) is 7.37. The first-order valence-corrected chi connectivity index (χ1v) is 3.90. The van der Waals surface area contributed by atoms with Gasteiger partial charge in [-0.2, -0.15) is 0 Å². The summed E-state index contributed by atoms with van der Waals surface area (Å²) in [7, 11) is 0. The van der Waals surface area contributed by atoms with Crippen molar-refractivity contribution in [3.63, 3.8) is 0 Å². The second-order valence-electron chi connectivity index (χ2n) is 3.03. The zero-order valence-electron chi connectivity index (χ0n) is 7.37. The van der Waals surface area contributed by atoms with Crippen molar-refractivity contribution in [1.82, 2.24) is 0 Å². The molecule has 0 unspecified atom stereocenters. The van der Waals surface area contributed by atoms with Crippen LogP contribution in [-0.4, -0.2) is 24.1 Å². The highest BCUT2D eigenvalue weighted by atomic mass is 16.6. The zero-order chi connectivity index (χ0) is 9.30. The minimum atomic E-state index is -0.711. The van der Waals surface area contributed by atoms with Crippen molar-refractivity contribution < 1.29 is 19.1 Å². The molecule has 3 atom stereocenters. The van der Waals surface area contributed by atoms with Crippen LogP contribution in [0.15, 0.2) is 0 Å². The monoisotopic (exact) mass is 172 g/mol. The van der Waals surface area contributed by atoms with Gasteiger partial charge in [-0.25, -0.2) is 4.79 Å². The summed E-state index contributed by atoms with van der Waals surface area (Å²) in [5.41, 5.74) is 0. The Bertz CT molecular complexity index is 211. The van der Waals surface area contributed by atoms with Gasteiger partial charge in [-0.1, -0.05) is 6.92 Å². The molecular weight excluding hydrogens is 160 g/mol. The summed E-state index contributed by atoms with van der Waals surface area (Å²) in [6, 6.07) is 0. The van der Waals surface area contributed by atoms with Crippen LogP contribution >= 0.6 is 0 Å². The van der Waals surface area contributed by atoms with Gasteiger partial charge in [0.25, 0.3) is 0 Å². The molecule has 1 aliphatic heterocycles. The van der Waals surface area contributed by atoms with Gasteiger partial charge in [-0.15, -0.1) is 0 Å². The first kappa shape index (κ1) is 9.03. The van der Waals surface area contributed by atoms with E-state index in [0.29, 0.717) is 0 Å². The number of cyclic esters (lactones) is 1. The first-order chi connectivity index (χ1) is 5.52. The van der Waals surface area contributed by atoms with Gasteiger partial charge in [-0.3, -0.25) is 4.79 Å². The van der Waals surface area contributed by atoms with Crippen molar-refractivity contribution >= 4 is 11.9 Å². The summed E-state index contributed by atoms with van der Waals surface area (Å²) in [5.74, 6) is -0.940.